The van der Waals surface area contributed by atoms with Gasteiger partial charge in [-0.15, -0.1) is 22.7 Å². The highest BCUT2D eigenvalue weighted by Crippen LogP contribution is 2.45. The molecule has 0 fully saturated rings. The van der Waals surface area contributed by atoms with Gasteiger partial charge in [0.1, 0.15) is 0 Å². The maximum atomic E-state index is 2.39. The number of fused-ring (bicyclic) bond motifs is 8. The van der Waals surface area contributed by atoms with E-state index in [1.807, 2.05) is 22.7 Å². The Kier molecular flexibility index (Phi) is 9.93. The lowest BCUT2D eigenvalue weighted by molar-refractivity contribution is 1.25. The number of nitrogens with zero attached hydrogens (tertiary/aromatic N) is 2. The van der Waals surface area contributed by atoms with Crippen LogP contribution in [0.25, 0.3) is 84.5 Å². The second kappa shape index (κ2) is 16.9. The van der Waals surface area contributed by atoms with Crippen molar-refractivity contribution in [2.75, 3.05) is 9.80 Å². The summed E-state index contributed by atoms with van der Waals surface area (Å²) in [5.74, 6) is 0. The van der Waals surface area contributed by atoms with E-state index < -0.39 is 0 Å². The molecule has 0 saturated heterocycles. The van der Waals surface area contributed by atoms with Crippen molar-refractivity contribution in [3.63, 3.8) is 0 Å². The highest BCUT2D eigenvalue weighted by atomic mass is 32.1. The van der Waals surface area contributed by atoms with E-state index in [1.165, 1.54) is 73.4 Å². The van der Waals surface area contributed by atoms with E-state index in [1.54, 1.807) is 0 Å². The molecule has 0 saturated carbocycles. The van der Waals surface area contributed by atoms with E-state index in [-0.39, 0.29) is 0 Å². The van der Waals surface area contributed by atoms with Gasteiger partial charge in [0.15, 0.2) is 0 Å². The van der Waals surface area contributed by atoms with Crippen LogP contribution in [0, 0.1) is 0 Å². The smallest absolute Gasteiger partial charge is 0.0488 e. The third kappa shape index (κ3) is 7.19. The monoisotopic (exact) mass is 902 g/mol. The predicted octanol–water partition coefficient (Wildman–Crippen LogP) is 19.5. The Balaban J connectivity index is 0.940. The van der Waals surface area contributed by atoms with Crippen molar-refractivity contribution in [2.45, 2.75) is 0 Å². The van der Waals surface area contributed by atoms with Crippen molar-refractivity contribution in [1.29, 1.82) is 0 Å². The third-order valence-electron chi connectivity index (χ3n) is 13.2. The summed E-state index contributed by atoms with van der Waals surface area (Å²) in [6.07, 6.45) is 0. The van der Waals surface area contributed by atoms with Crippen molar-refractivity contribution in [2.24, 2.45) is 0 Å². The molecule has 0 atom stereocenters. The molecule has 13 aromatic rings. The molecule has 11 aromatic carbocycles. The van der Waals surface area contributed by atoms with E-state index in [2.05, 4.69) is 265 Å². The van der Waals surface area contributed by atoms with Gasteiger partial charge in [-0.2, -0.15) is 0 Å². The molecule has 13 rings (SSSR count). The molecule has 2 aromatic heterocycles. The van der Waals surface area contributed by atoms with Gasteiger partial charge in [0.25, 0.3) is 0 Å². The van der Waals surface area contributed by atoms with Gasteiger partial charge in [-0.1, -0.05) is 152 Å². The Labute approximate surface area is 403 Å². The minimum absolute atomic E-state index is 1.06. The van der Waals surface area contributed by atoms with Gasteiger partial charge in [0.05, 0.1) is 0 Å². The van der Waals surface area contributed by atoms with Gasteiger partial charge >= 0.3 is 0 Å². The van der Waals surface area contributed by atoms with Gasteiger partial charge in [-0.25, -0.2) is 0 Å². The van der Waals surface area contributed by atoms with Crippen molar-refractivity contribution in [1.82, 2.24) is 0 Å². The lowest BCUT2D eigenvalue weighted by Crippen LogP contribution is -2.13. The van der Waals surface area contributed by atoms with Gasteiger partial charge in [0, 0.05) is 74.5 Å². The topological polar surface area (TPSA) is 6.48 Å². The van der Waals surface area contributed by atoms with Gasteiger partial charge in [0.2, 0.25) is 0 Å². The zero-order chi connectivity index (χ0) is 45.0. The Bertz CT molecular complexity index is 3910. The molecule has 0 aliphatic carbocycles. The minimum Gasteiger partial charge on any atom is -0.310 e. The van der Waals surface area contributed by atoms with Crippen molar-refractivity contribution >= 4 is 108 Å². The van der Waals surface area contributed by atoms with Crippen LogP contribution in [0.3, 0.4) is 0 Å². The molecule has 0 bridgehead atoms. The van der Waals surface area contributed by atoms with Crippen LogP contribution in [0.2, 0.25) is 0 Å². The lowest BCUT2D eigenvalue weighted by atomic mass is 9.97. The van der Waals surface area contributed by atoms with Crippen molar-refractivity contribution in [3.05, 3.63) is 255 Å². The summed E-state index contributed by atoms with van der Waals surface area (Å²) in [4.78, 5) is 4.75. The van der Waals surface area contributed by atoms with Crippen LogP contribution in [0.15, 0.2) is 255 Å². The van der Waals surface area contributed by atoms with Gasteiger partial charge < -0.3 is 9.80 Å². The summed E-state index contributed by atoms with van der Waals surface area (Å²) in [6.45, 7) is 0. The molecule has 0 amide bonds. The maximum absolute atomic E-state index is 2.39. The zero-order valence-electron chi connectivity index (χ0n) is 37.0. The predicted molar refractivity (Wildman–Crippen MR) is 295 cm³/mol. The molecule has 0 spiro atoms. The highest BCUT2D eigenvalue weighted by molar-refractivity contribution is 7.26. The Hall–Kier alpha value is -8.28. The van der Waals surface area contributed by atoms with Crippen LogP contribution in [-0.2, 0) is 0 Å². The fourth-order valence-corrected chi connectivity index (χ4v) is 12.1. The normalized spacial score (nSPS) is 11.5. The molecule has 0 unspecified atom stereocenters. The summed E-state index contributed by atoms with van der Waals surface area (Å²) in [6, 6.07) is 93.2. The second-order valence-electron chi connectivity index (χ2n) is 17.3. The van der Waals surface area contributed by atoms with E-state index >= 15 is 0 Å². The molecule has 4 heteroatoms. The number of anilines is 6. The molecule has 0 aliphatic heterocycles. The molecule has 0 N–H and O–H groups in total. The highest BCUT2D eigenvalue weighted by Gasteiger charge is 2.20. The van der Waals surface area contributed by atoms with Crippen LogP contribution in [0.5, 0.6) is 0 Å². The fraction of sp³-hybridized carbons (Fsp3) is 0. The molecule has 68 heavy (non-hydrogen) atoms. The number of para-hydroxylation sites is 3. The first-order valence-electron chi connectivity index (χ1n) is 23.1. The zero-order valence-corrected chi connectivity index (χ0v) is 38.6. The van der Waals surface area contributed by atoms with Crippen LogP contribution < -0.4 is 9.80 Å². The van der Waals surface area contributed by atoms with E-state index in [9.17, 15) is 0 Å². The molecule has 2 nitrogen and oxygen atoms in total. The molecular formula is C64H42N2S2. The molecular weight excluding hydrogens is 861 g/mol. The maximum Gasteiger partial charge on any atom is 0.0488 e. The number of benzene rings is 11. The number of thiophene rings is 2. The van der Waals surface area contributed by atoms with Crippen molar-refractivity contribution in [3.8, 4) is 33.4 Å². The van der Waals surface area contributed by atoms with Gasteiger partial charge in [-0.3, -0.25) is 0 Å². The first-order valence-corrected chi connectivity index (χ1v) is 24.7. The number of hydrogen-bond donors (Lipinski definition) is 0. The standard InChI is InChI=1S/C64H42N2S2/c1-4-15-50(16-5-1)65(51-17-6-2-7-18-51)54-38-49(45-26-24-43(25-27-45)48-32-36-62-59(41-48)64-56-21-11-10-14-46(56)30-37-63(64)68-62)39-55(42-54)66(52-19-8-3-9-20-52)53-33-28-44(29-34-53)47-31-35-61-58(40-47)57-22-12-13-23-60(57)67-61/h1-42H. The average molecular weight is 903 g/mol. The van der Waals surface area contributed by atoms with Crippen LogP contribution in [0.1, 0.15) is 0 Å². The Morgan fingerprint density at radius 3 is 1.24 bits per heavy atom. The van der Waals surface area contributed by atoms with Crippen molar-refractivity contribution < 1.29 is 0 Å². The summed E-state index contributed by atoms with van der Waals surface area (Å²) >= 11 is 3.73. The Morgan fingerprint density at radius 1 is 0.221 bits per heavy atom. The molecule has 320 valence electrons. The minimum atomic E-state index is 1.06. The van der Waals surface area contributed by atoms with Gasteiger partial charge in [-0.05, 0) is 147 Å². The van der Waals surface area contributed by atoms with E-state index in [0.717, 1.165) is 45.3 Å². The quantitative estimate of drug-likeness (QED) is 0.142. The third-order valence-corrected chi connectivity index (χ3v) is 15.5. The largest absolute Gasteiger partial charge is 0.310 e. The second-order valence-corrected chi connectivity index (χ2v) is 19.5. The number of hydrogen-bond acceptors (Lipinski definition) is 4. The first kappa shape index (κ1) is 40.0. The lowest BCUT2D eigenvalue weighted by Gasteiger charge is -2.30. The van der Waals surface area contributed by atoms with Crippen LogP contribution >= 0.6 is 22.7 Å². The van der Waals surface area contributed by atoms with E-state index in [4.69, 9.17) is 0 Å². The summed E-state index contributed by atoms with van der Waals surface area (Å²) in [5.41, 5.74) is 13.5. The SMILES string of the molecule is c1ccc(N(c2ccccc2)c2cc(-c3ccc(-c4ccc5sc6ccc7ccccc7c6c5c4)cc3)cc(N(c3ccccc3)c3ccc(-c4ccc5sc6ccccc6c5c4)cc3)c2)cc1. The Morgan fingerprint density at radius 2 is 0.632 bits per heavy atom. The molecule has 2 heterocycles. The summed E-state index contributed by atoms with van der Waals surface area (Å²) in [7, 11) is 0. The first-order chi connectivity index (χ1) is 33.7. The number of rotatable bonds is 9. The fourth-order valence-electron chi connectivity index (χ4n) is 9.94. The summed E-state index contributed by atoms with van der Waals surface area (Å²) in [5, 5.41) is 7.87. The van der Waals surface area contributed by atoms with E-state index in [0.29, 0.717) is 0 Å². The summed E-state index contributed by atoms with van der Waals surface area (Å²) < 4.78 is 5.28. The average Bonchev–Trinajstić information content (AvgIpc) is 3.98. The van der Waals surface area contributed by atoms with Crippen LogP contribution in [-0.4, -0.2) is 0 Å². The molecule has 0 aliphatic rings. The molecule has 0 radical (unpaired) electrons. The van der Waals surface area contributed by atoms with Crippen LogP contribution in [0.4, 0.5) is 34.1 Å².